The minimum atomic E-state index is -0.491. The van der Waals surface area contributed by atoms with Crippen molar-refractivity contribution in [1.29, 1.82) is 0 Å². The zero-order chi connectivity index (χ0) is 22.9. The van der Waals surface area contributed by atoms with Crippen LogP contribution in [0.1, 0.15) is 43.4 Å². The molecular weight excluding hydrogens is 493 g/mol. The van der Waals surface area contributed by atoms with Crippen molar-refractivity contribution in [2.24, 2.45) is 0 Å². The topological polar surface area (TPSA) is 91.2 Å². The summed E-state index contributed by atoms with van der Waals surface area (Å²) in [6.45, 7) is 2.32. The molecule has 1 aromatic heterocycles. The van der Waals surface area contributed by atoms with Gasteiger partial charge in [-0.3, -0.25) is 4.79 Å². The third-order valence-electron chi connectivity index (χ3n) is 5.71. The number of benzene rings is 2. The third-order valence-corrected chi connectivity index (χ3v) is 6.30. The molecule has 5 rings (SSSR count). The Balaban J connectivity index is 1.56. The second-order valence-electron chi connectivity index (χ2n) is 7.79. The van der Waals surface area contributed by atoms with Gasteiger partial charge in [-0.25, -0.2) is 4.39 Å². The van der Waals surface area contributed by atoms with Gasteiger partial charge in [0.15, 0.2) is 17.3 Å². The van der Waals surface area contributed by atoms with Gasteiger partial charge in [0.25, 0.3) is 0 Å². The quantitative estimate of drug-likeness (QED) is 0.515. The molecule has 1 N–H and O–H groups in total. The van der Waals surface area contributed by atoms with Gasteiger partial charge in [-0.1, -0.05) is 23.3 Å². The molecule has 33 heavy (non-hydrogen) atoms. The lowest BCUT2D eigenvalue weighted by atomic mass is 9.85. The van der Waals surface area contributed by atoms with Gasteiger partial charge in [-0.2, -0.15) is 4.68 Å². The molecule has 2 heterocycles. The standard InChI is InChI=1S/C23H21BrFN5O3/c1-2-32-19-11-14(10-15(24)22(19)33-12-13-6-3-4-7-16(13)25)21-20-17(8-5-9-18(20)31)26-23-27-28-29-30(21)23/h3-4,6-7,10-11,21H,2,5,8-9,12H2,1H3,(H,26,27,29). The number of Topliss-reactive ketones (excluding diaryl/α,β-unsaturated/α-hetero) is 1. The van der Waals surface area contributed by atoms with Crippen LogP contribution >= 0.6 is 15.9 Å². The Kier molecular flexibility index (Phi) is 5.84. The maximum absolute atomic E-state index is 14.1. The van der Waals surface area contributed by atoms with Crippen LogP contribution in [0.5, 0.6) is 11.5 Å². The first kappa shape index (κ1) is 21.6. The van der Waals surface area contributed by atoms with Gasteiger partial charge in [-0.15, -0.1) is 0 Å². The van der Waals surface area contributed by atoms with E-state index in [4.69, 9.17) is 9.47 Å². The van der Waals surface area contributed by atoms with E-state index in [-0.39, 0.29) is 18.2 Å². The molecule has 0 saturated heterocycles. The molecule has 0 fully saturated rings. The fourth-order valence-corrected chi connectivity index (χ4v) is 4.81. The van der Waals surface area contributed by atoms with Gasteiger partial charge in [0.2, 0.25) is 5.95 Å². The summed E-state index contributed by atoms with van der Waals surface area (Å²) in [5.41, 5.74) is 2.74. The molecule has 0 radical (unpaired) electrons. The maximum Gasteiger partial charge on any atom is 0.248 e. The van der Waals surface area contributed by atoms with Crippen LogP contribution in [0.2, 0.25) is 0 Å². The van der Waals surface area contributed by atoms with Crippen molar-refractivity contribution in [3.8, 4) is 11.5 Å². The summed E-state index contributed by atoms with van der Waals surface area (Å²) in [6.07, 6.45) is 2.03. The number of fused-ring (bicyclic) bond motifs is 1. The molecule has 1 atom stereocenters. The average molecular weight is 514 g/mol. The lowest BCUT2D eigenvalue weighted by Gasteiger charge is -2.32. The number of allylic oxidation sites excluding steroid dienone is 2. The molecule has 0 bridgehead atoms. The molecule has 2 aromatic carbocycles. The van der Waals surface area contributed by atoms with E-state index in [9.17, 15) is 9.18 Å². The first-order valence-electron chi connectivity index (χ1n) is 10.7. The van der Waals surface area contributed by atoms with Gasteiger partial charge in [0.05, 0.1) is 11.1 Å². The van der Waals surface area contributed by atoms with Crippen molar-refractivity contribution >= 4 is 27.7 Å². The van der Waals surface area contributed by atoms with E-state index in [2.05, 4.69) is 36.8 Å². The zero-order valence-electron chi connectivity index (χ0n) is 17.8. The van der Waals surface area contributed by atoms with Crippen molar-refractivity contribution in [2.75, 3.05) is 11.9 Å². The van der Waals surface area contributed by atoms with Crippen LogP contribution in [0.25, 0.3) is 0 Å². The van der Waals surface area contributed by atoms with Crippen LogP contribution in [-0.4, -0.2) is 32.6 Å². The highest BCUT2D eigenvalue weighted by Gasteiger charge is 2.37. The van der Waals surface area contributed by atoms with Gasteiger partial charge >= 0.3 is 0 Å². The first-order chi connectivity index (χ1) is 16.1. The molecule has 10 heteroatoms. The third kappa shape index (κ3) is 3.99. The average Bonchev–Trinajstić information content (AvgIpc) is 3.26. The Morgan fingerprint density at radius 1 is 1.24 bits per heavy atom. The Hall–Kier alpha value is -3.27. The zero-order valence-corrected chi connectivity index (χ0v) is 19.4. The monoisotopic (exact) mass is 513 g/mol. The van der Waals surface area contributed by atoms with E-state index in [1.807, 2.05) is 19.1 Å². The molecule has 1 aliphatic carbocycles. The van der Waals surface area contributed by atoms with Crippen molar-refractivity contribution in [1.82, 2.24) is 20.2 Å². The smallest absolute Gasteiger partial charge is 0.248 e. The SMILES string of the molecule is CCOc1cc(C2C3=C(CCCC3=O)Nc3nnnn32)cc(Br)c1OCc1ccccc1F. The summed E-state index contributed by atoms with van der Waals surface area (Å²) in [4.78, 5) is 12.9. The Bertz CT molecular complexity index is 1260. The Morgan fingerprint density at radius 2 is 2.09 bits per heavy atom. The fraction of sp³-hybridized carbons (Fsp3) is 0.304. The van der Waals surface area contributed by atoms with Crippen LogP contribution in [-0.2, 0) is 11.4 Å². The number of hydrogen-bond acceptors (Lipinski definition) is 7. The fourth-order valence-electron chi connectivity index (χ4n) is 4.24. The second-order valence-corrected chi connectivity index (χ2v) is 8.64. The number of hydrogen-bond donors (Lipinski definition) is 1. The van der Waals surface area contributed by atoms with Gasteiger partial charge in [0, 0.05) is 23.3 Å². The number of halogens is 2. The van der Waals surface area contributed by atoms with E-state index in [1.54, 1.807) is 22.9 Å². The molecule has 0 saturated carbocycles. The highest BCUT2D eigenvalue weighted by molar-refractivity contribution is 9.10. The second kappa shape index (κ2) is 8.93. The molecule has 1 unspecified atom stereocenters. The lowest BCUT2D eigenvalue weighted by Crippen LogP contribution is -2.31. The molecule has 2 aliphatic rings. The van der Waals surface area contributed by atoms with Crippen molar-refractivity contribution in [2.45, 2.75) is 38.8 Å². The highest BCUT2D eigenvalue weighted by Crippen LogP contribution is 2.44. The van der Waals surface area contributed by atoms with Gasteiger partial charge in [0.1, 0.15) is 18.5 Å². The molecular formula is C23H21BrFN5O3. The van der Waals surface area contributed by atoms with E-state index in [0.717, 1.165) is 24.1 Å². The summed E-state index contributed by atoms with van der Waals surface area (Å²) in [6, 6.07) is 9.68. The summed E-state index contributed by atoms with van der Waals surface area (Å²) in [5, 5.41) is 15.2. The molecule has 0 amide bonds. The highest BCUT2D eigenvalue weighted by atomic mass is 79.9. The van der Waals surface area contributed by atoms with E-state index in [1.165, 1.54) is 6.07 Å². The molecule has 0 spiro atoms. The first-order valence-corrected chi connectivity index (χ1v) is 11.5. The summed E-state index contributed by atoms with van der Waals surface area (Å²) >= 11 is 3.58. The van der Waals surface area contributed by atoms with Crippen LogP contribution in [0.4, 0.5) is 10.3 Å². The Morgan fingerprint density at radius 3 is 2.91 bits per heavy atom. The number of carbonyl (C=O) groups excluding carboxylic acids is 1. The van der Waals surface area contributed by atoms with Gasteiger partial charge < -0.3 is 14.8 Å². The van der Waals surface area contributed by atoms with Gasteiger partial charge in [-0.05, 0) is 69.9 Å². The number of rotatable bonds is 6. The van der Waals surface area contributed by atoms with Crippen LogP contribution in [0.15, 0.2) is 52.1 Å². The normalized spacial score (nSPS) is 17.3. The van der Waals surface area contributed by atoms with Crippen molar-refractivity contribution in [3.05, 3.63) is 69.1 Å². The van der Waals surface area contributed by atoms with Crippen LogP contribution in [0, 0.1) is 5.82 Å². The number of tetrazole rings is 1. The largest absolute Gasteiger partial charge is 0.490 e. The number of aromatic nitrogens is 4. The van der Waals surface area contributed by atoms with Crippen molar-refractivity contribution in [3.63, 3.8) is 0 Å². The Labute approximate surface area is 197 Å². The number of carbonyl (C=O) groups is 1. The van der Waals surface area contributed by atoms with E-state index < -0.39 is 6.04 Å². The summed E-state index contributed by atoms with van der Waals surface area (Å²) < 4.78 is 28.1. The predicted octanol–water partition coefficient (Wildman–Crippen LogP) is 4.57. The number of nitrogens with zero attached hydrogens (tertiary/aromatic N) is 4. The number of nitrogens with one attached hydrogen (secondary N) is 1. The predicted molar refractivity (Wildman–Crippen MR) is 122 cm³/mol. The van der Waals surface area contributed by atoms with Crippen LogP contribution in [0.3, 0.4) is 0 Å². The molecule has 1 aliphatic heterocycles. The number of anilines is 1. The van der Waals surface area contributed by atoms with E-state index >= 15 is 0 Å². The number of ketones is 1. The summed E-state index contributed by atoms with van der Waals surface area (Å²) in [7, 11) is 0. The molecule has 8 nitrogen and oxygen atoms in total. The minimum Gasteiger partial charge on any atom is -0.490 e. The lowest BCUT2D eigenvalue weighted by molar-refractivity contribution is -0.116. The van der Waals surface area contributed by atoms with E-state index in [0.29, 0.717) is 46.1 Å². The van der Waals surface area contributed by atoms with Crippen molar-refractivity contribution < 1.29 is 18.7 Å². The summed E-state index contributed by atoms with van der Waals surface area (Å²) in [5.74, 6) is 1.17. The number of ether oxygens (including phenoxy) is 2. The molecule has 170 valence electrons. The molecule has 3 aromatic rings. The van der Waals surface area contributed by atoms with Crippen LogP contribution < -0.4 is 14.8 Å². The maximum atomic E-state index is 14.1. The minimum absolute atomic E-state index is 0.0446.